The number of hydrogen-bond donors (Lipinski definition) is 1. The van der Waals surface area contributed by atoms with Gasteiger partial charge in [-0.2, -0.15) is 13.2 Å². The van der Waals surface area contributed by atoms with Crippen molar-refractivity contribution < 1.29 is 32.0 Å². The van der Waals surface area contributed by atoms with Crippen molar-refractivity contribution in [3.8, 4) is 0 Å². The normalized spacial score (nSPS) is 22.5. The highest BCUT2D eigenvalue weighted by atomic mass is 35.5. The van der Waals surface area contributed by atoms with Crippen LogP contribution in [0.5, 0.6) is 0 Å². The van der Waals surface area contributed by atoms with Gasteiger partial charge >= 0.3 is 6.18 Å². The minimum atomic E-state index is -5.29. The minimum absolute atomic E-state index is 0.0420. The average molecular weight is 481 g/mol. The molecule has 6 nitrogen and oxygen atoms in total. The number of Topliss-reactive ketones (excluding diaryl/α,β-unsaturated/α-hetero) is 1. The fourth-order valence-corrected chi connectivity index (χ4v) is 4.66. The summed E-state index contributed by atoms with van der Waals surface area (Å²) in [6.45, 7) is 3.16. The number of ketones is 1. The quantitative estimate of drug-likeness (QED) is 0.691. The number of carbonyl (C=O) groups is 3. The van der Waals surface area contributed by atoms with Gasteiger partial charge in [-0.25, -0.2) is 0 Å². The van der Waals surface area contributed by atoms with E-state index in [-0.39, 0.29) is 41.4 Å². The van der Waals surface area contributed by atoms with Gasteiger partial charge in [-0.1, -0.05) is 37.6 Å². The van der Waals surface area contributed by atoms with Crippen molar-refractivity contribution in [1.29, 1.82) is 0 Å². The Kier molecular flexibility index (Phi) is 5.43. The van der Waals surface area contributed by atoms with Crippen LogP contribution in [0, 0.1) is 5.41 Å². The first kappa shape index (κ1) is 23.1. The first-order valence-corrected chi connectivity index (χ1v) is 10.5. The zero-order valence-corrected chi connectivity index (χ0v) is 18.5. The molecule has 0 saturated heterocycles. The van der Waals surface area contributed by atoms with Crippen LogP contribution in [0.15, 0.2) is 58.3 Å². The van der Waals surface area contributed by atoms with Crippen molar-refractivity contribution in [3.63, 3.8) is 0 Å². The molecule has 0 spiro atoms. The number of alkyl halides is 3. The summed E-state index contributed by atoms with van der Waals surface area (Å²) < 4.78 is 49.4. The number of benzene rings is 1. The predicted molar refractivity (Wildman–Crippen MR) is 112 cm³/mol. The molecule has 2 aliphatic rings. The maximum Gasteiger partial charge on any atom is 0.425 e. The SMILES string of the molecule is CC1(C)CC(=O)C2=C(C1)N(Cc1ccco1)C(=O)[C@@]2(NC(=O)c1ccccc1Cl)C(F)(F)F. The third-order valence-corrected chi connectivity index (χ3v) is 6.19. The Labute approximate surface area is 192 Å². The van der Waals surface area contributed by atoms with E-state index in [1.165, 1.54) is 42.7 Å². The first-order valence-electron chi connectivity index (χ1n) is 10.1. The zero-order chi connectivity index (χ0) is 24.2. The number of furan rings is 1. The van der Waals surface area contributed by atoms with Crippen LogP contribution < -0.4 is 5.32 Å². The summed E-state index contributed by atoms with van der Waals surface area (Å²) in [6.07, 6.45) is -4.12. The molecule has 1 N–H and O–H groups in total. The van der Waals surface area contributed by atoms with Gasteiger partial charge in [0.15, 0.2) is 5.78 Å². The van der Waals surface area contributed by atoms with E-state index in [0.717, 1.165) is 4.90 Å². The fourth-order valence-electron chi connectivity index (χ4n) is 4.43. The van der Waals surface area contributed by atoms with Crippen LogP contribution in [0.1, 0.15) is 42.8 Å². The second-order valence-corrected chi connectivity index (χ2v) is 9.32. The lowest BCUT2D eigenvalue weighted by molar-refractivity contribution is -0.191. The standard InChI is InChI=1S/C23H20ClF3N2O4/c1-21(2)10-16-18(17(30)11-21)22(23(25,26)27,20(32)29(16)12-13-6-5-9-33-13)28-19(31)14-7-3-4-8-15(14)24/h3-9H,10-12H2,1-2H3,(H,28,31)/t22-/m1/s1. The molecule has 10 heteroatoms. The zero-order valence-electron chi connectivity index (χ0n) is 17.8. The van der Waals surface area contributed by atoms with Crippen molar-refractivity contribution in [2.45, 2.75) is 44.9 Å². The molecular formula is C23H20ClF3N2O4. The Morgan fingerprint density at radius 1 is 1.15 bits per heavy atom. The van der Waals surface area contributed by atoms with Crippen molar-refractivity contribution in [2.24, 2.45) is 5.41 Å². The Morgan fingerprint density at radius 2 is 1.85 bits per heavy atom. The van der Waals surface area contributed by atoms with E-state index in [0.29, 0.717) is 0 Å². The van der Waals surface area contributed by atoms with Crippen molar-refractivity contribution >= 4 is 29.2 Å². The summed E-state index contributed by atoms with van der Waals surface area (Å²) in [4.78, 5) is 40.4. The first-order chi connectivity index (χ1) is 15.4. The second kappa shape index (κ2) is 7.76. The van der Waals surface area contributed by atoms with Crippen LogP contribution in [0.4, 0.5) is 13.2 Å². The third-order valence-electron chi connectivity index (χ3n) is 5.86. The molecule has 33 heavy (non-hydrogen) atoms. The van der Waals surface area contributed by atoms with Gasteiger partial charge in [0.05, 0.1) is 29.0 Å². The summed E-state index contributed by atoms with van der Waals surface area (Å²) in [5.41, 5.74) is -5.25. The maximum atomic E-state index is 14.7. The van der Waals surface area contributed by atoms with E-state index in [4.69, 9.17) is 16.0 Å². The van der Waals surface area contributed by atoms with E-state index >= 15 is 0 Å². The van der Waals surface area contributed by atoms with E-state index in [1.54, 1.807) is 13.8 Å². The number of rotatable bonds is 4. The largest absolute Gasteiger partial charge is 0.467 e. The van der Waals surface area contributed by atoms with Crippen LogP contribution in [0.2, 0.25) is 5.02 Å². The molecule has 0 fully saturated rings. The predicted octanol–water partition coefficient (Wildman–Crippen LogP) is 4.65. The highest BCUT2D eigenvalue weighted by Crippen LogP contribution is 2.52. The minimum Gasteiger partial charge on any atom is -0.467 e. The summed E-state index contributed by atoms with van der Waals surface area (Å²) in [5, 5.41) is 1.77. The van der Waals surface area contributed by atoms with Crippen molar-refractivity contribution in [3.05, 3.63) is 70.3 Å². The van der Waals surface area contributed by atoms with E-state index in [1.807, 2.05) is 5.32 Å². The van der Waals surface area contributed by atoms with E-state index in [9.17, 15) is 27.6 Å². The van der Waals surface area contributed by atoms with Crippen LogP contribution in [0.3, 0.4) is 0 Å². The topological polar surface area (TPSA) is 79.6 Å². The van der Waals surface area contributed by atoms with Gasteiger partial charge in [0.2, 0.25) is 5.54 Å². The molecule has 0 unspecified atom stereocenters. The van der Waals surface area contributed by atoms with Gasteiger partial charge in [0.25, 0.3) is 11.8 Å². The van der Waals surface area contributed by atoms with Gasteiger partial charge in [-0.05, 0) is 36.1 Å². The molecule has 1 atom stereocenters. The fraction of sp³-hybridized carbons (Fsp3) is 0.348. The average Bonchev–Trinajstić information content (AvgIpc) is 3.28. The lowest BCUT2D eigenvalue weighted by Crippen LogP contribution is -2.66. The molecule has 1 aliphatic carbocycles. The molecule has 4 rings (SSSR count). The Balaban J connectivity index is 1.89. The van der Waals surface area contributed by atoms with E-state index < -0.39 is 40.3 Å². The molecule has 0 saturated carbocycles. The van der Waals surface area contributed by atoms with Crippen molar-refractivity contribution in [2.75, 3.05) is 0 Å². The molecule has 1 aliphatic heterocycles. The van der Waals surface area contributed by atoms with Crippen LogP contribution >= 0.6 is 11.6 Å². The van der Waals surface area contributed by atoms with Gasteiger partial charge in [-0.15, -0.1) is 0 Å². The Bertz CT molecular complexity index is 1170. The molecule has 2 amide bonds. The Morgan fingerprint density at radius 3 is 2.45 bits per heavy atom. The number of carbonyl (C=O) groups excluding carboxylic acids is 3. The van der Waals surface area contributed by atoms with Crippen LogP contribution in [0.25, 0.3) is 0 Å². The molecule has 1 aromatic carbocycles. The summed E-state index contributed by atoms with van der Waals surface area (Å²) in [7, 11) is 0. The van der Waals surface area contributed by atoms with E-state index in [2.05, 4.69) is 0 Å². The molecular weight excluding hydrogens is 461 g/mol. The lowest BCUT2D eigenvalue weighted by atomic mass is 9.72. The molecule has 0 radical (unpaired) electrons. The van der Waals surface area contributed by atoms with Gasteiger partial charge < -0.3 is 14.6 Å². The third kappa shape index (κ3) is 3.74. The van der Waals surface area contributed by atoms with Gasteiger partial charge in [0, 0.05) is 12.1 Å². The number of nitrogens with one attached hydrogen (secondary N) is 1. The van der Waals surface area contributed by atoms with Gasteiger partial charge in [-0.3, -0.25) is 14.4 Å². The van der Waals surface area contributed by atoms with Crippen LogP contribution in [-0.4, -0.2) is 34.2 Å². The number of allylic oxidation sites excluding steroid dienone is 1. The number of amides is 2. The number of hydrogen-bond acceptors (Lipinski definition) is 4. The highest BCUT2D eigenvalue weighted by Gasteiger charge is 2.71. The molecule has 174 valence electrons. The maximum absolute atomic E-state index is 14.7. The van der Waals surface area contributed by atoms with Crippen molar-refractivity contribution in [1.82, 2.24) is 10.2 Å². The number of halogens is 4. The van der Waals surface area contributed by atoms with Crippen LogP contribution in [-0.2, 0) is 16.1 Å². The molecule has 2 aromatic rings. The Hall–Kier alpha value is -3.07. The highest BCUT2D eigenvalue weighted by molar-refractivity contribution is 6.34. The molecule has 1 aromatic heterocycles. The lowest BCUT2D eigenvalue weighted by Gasteiger charge is -2.35. The summed E-state index contributed by atoms with van der Waals surface area (Å²) in [5.74, 6) is -3.27. The smallest absolute Gasteiger partial charge is 0.425 e. The van der Waals surface area contributed by atoms with Gasteiger partial charge in [0.1, 0.15) is 5.76 Å². The molecule has 0 bridgehead atoms. The summed E-state index contributed by atoms with van der Waals surface area (Å²) >= 11 is 6.00. The number of nitrogens with zero attached hydrogens (tertiary/aromatic N) is 1. The second-order valence-electron chi connectivity index (χ2n) is 8.92. The molecule has 2 heterocycles. The summed E-state index contributed by atoms with van der Waals surface area (Å²) in [6, 6.07) is 8.58. The monoisotopic (exact) mass is 480 g/mol.